The van der Waals surface area contributed by atoms with Crippen LogP contribution in [-0.4, -0.2) is 10.5 Å². The highest BCUT2D eigenvalue weighted by molar-refractivity contribution is 6.30. The zero-order chi connectivity index (χ0) is 10.2. The molecule has 1 aromatic rings. The Morgan fingerprint density at radius 2 is 2.21 bits per heavy atom. The molecule has 0 aliphatic heterocycles. The van der Waals surface area contributed by atoms with Crippen LogP contribution in [0.5, 0.6) is 0 Å². The Morgan fingerprint density at radius 3 is 2.79 bits per heavy atom. The minimum atomic E-state index is 0.105. The summed E-state index contributed by atoms with van der Waals surface area (Å²) in [5.41, 5.74) is 8.20. The summed E-state index contributed by atoms with van der Waals surface area (Å²) in [4.78, 5) is 4.22. The first kappa shape index (κ1) is 9.94. The van der Waals surface area contributed by atoms with Crippen LogP contribution in [0, 0.1) is 6.92 Å². The van der Waals surface area contributed by atoms with E-state index >= 15 is 0 Å². The van der Waals surface area contributed by atoms with Crippen molar-refractivity contribution in [3.63, 3.8) is 0 Å². The van der Waals surface area contributed by atoms with Gasteiger partial charge in [-0.25, -0.2) is 4.98 Å². The van der Waals surface area contributed by atoms with Gasteiger partial charge in [-0.05, 0) is 44.2 Å². The topological polar surface area (TPSA) is 38.9 Å². The van der Waals surface area contributed by atoms with Gasteiger partial charge in [-0.1, -0.05) is 17.7 Å². The van der Waals surface area contributed by atoms with Crippen molar-refractivity contribution in [2.75, 3.05) is 0 Å². The van der Waals surface area contributed by atoms with Crippen LogP contribution in [0.15, 0.2) is 12.1 Å². The number of nitrogens with two attached hydrogens (primary N) is 1. The average molecular weight is 211 g/mol. The molecule has 0 saturated heterocycles. The van der Waals surface area contributed by atoms with Gasteiger partial charge in [-0.2, -0.15) is 0 Å². The Balaban J connectivity index is 2.02. The quantitative estimate of drug-likeness (QED) is 0.779. The second-order valence-electron chi connectivity index (χ2n) is 4.26. The summed E-state index contributed by atoms with van der Waals surface area (Å²) < 4.78 is 0. The molecule has 76 valence electrons. The predicted molar refractivity (Wildman–Crippen MR) is 58.5 cm³/mol. The molecule has 0 amide bonds. The predicted octanol–water partition coefficient (Wildman–Crippen LogP) is 2.47. The first-order valence-electron chi connectivity index (χ1n) is 5.00. The lowest BCUT2D eigenvalue weighted by Gasteiger charge is -2.09. The Labute approximate surface area is 89.5 Å². The zero-order valence-corrected chi connectivity index (χ0v) is 9.14. The maximum Gasteiger partial charge on any atom is 0.132 e. The van der Waals surface area contributed by atoms with Crippen molar-refractivity contribution in [3.05, 3.63) is 28.5 Å². The number of rotatable bonds is 3. The minimum absolute atomic E-state index is 0.105. The number of nitrogens with zero attached hydrogens (tertiary/aromatic N) is 1. The van der Waals surface area contributed by atoms with Crippen LogP contribution in [0.25, 0.3) is 0 Å². The monoisotopic (exact) mass is 210 g/mol. The van der Waals surface area contributed by atoms with Crippen LogP contribution in [0.1, 0.15) is 30.5 Å². The van der Waals surface area contributed by atoms with Crippen LogP contribution in [0.3, 0.4) is 0 Å². The molecule has 14 heavy (non-hydrogen) atoms. The maximum absolute atomic E-state index is 6.03. The molecule has 0 bridgehead atoms. The average Bonchev–Trinajstić information content (AvgIpc) is 2.83. The summed E-state index contributed by atoms with van der Waals surface area (Å²) in [6, 6.07) is 4.05. The van der Waals surface area contributed by atoms with Gasteiger partial charge in [0.25, 0.3) is 0 Å². The summed E-state index contributed by atoms with van der Waals surface area (Å²) in [7, 11) is 0. The van der Waals surface area contributed by atoms with E-state index in [1.165, 1.54) is 0 Å². The smallest absolute Gasteiger partial charge is 0.132 e. The largest absolute Gasteiger partial charge is 0.325 e. The standard InChI is InChI=1S/C11H15ClN2/c1-8-2-3-9(10(12)14-8)4-5-11(13)6-7-11/h2-3H,4-7,13H2,1H3. The van der Waals surface area contributed by atoms with Crippen LogP contribution >= 0.6 is 11.6 Å². The number of aryl methyl sites for hydroxylation is 2. The van der Waals surface area contributed by atoms with Gasteiger partial charge < -0.3 is 5.73 Å². The Hall–Kier alpha value is -0.600. The second-order valence-corrected chi connectivity index (χ2v) is 4.62. The van der Waals surface area contributed by atoms with Crippen LogP contribution in [-0.2, 0) is 6.42 Å². The molecule has 1 fully saturated rings. The lowest BCUT2D eigenvalue weighted by Crippen LogP contribution is -2.22. The molecule has 0 spiro atoms. The highest BCUT2D eigenvalue weighted by Gasteiger charge is 2.37. The number of halogens is 1. The molecule has 2 nitrogen and oxygen atoms in total. The van der Waals surface area contributed by atoms with E-state index in [0.717, 1.165) is 36.9 Å². The highest BCUT2D eigenvalue weighted by Crippen LogP contribution is 2.36. The van der Waals surface area contributed by atoms with Crippen molar-refractivity contribution in [2.24, 2.45) is 5.73 Å². The van der Waals surface area contributed by atoms with Crippen LogP contribution in [0.2, 0.25) is 5.15 Å². The first-order valence-corrected chi connectivity index (χ1v) is 5.38. The van der Waals surface area contributed by atoms with E-state index in [2.05, 4.69) is 11.1 Å². The fraction of sp³-hybridized carbons (Fsp3) is 0.545. The number of pyridine rings is 1. The van der Waals surface area contributed by atoms with Crippen molar-refractivity contribution in [3.8, 4) is 0 Å². The molecule has 0 atom stereocenters. The second kappa shape index (κ2) is 3.52. The normalized spacial score (nSPS) is 18.2. The molecule has 2 N–H and O–H groups in total. The number of hydrogen-bond acceptors (Lipinski definition) is 2. The van der Waals surface area contributed by atoms with Crippen molar-refractivity contribution < 1.29 is 0 Å². The van der Waals surface area contributed by atoms with E-state index in [9.17, 15) is 0 Å². The van der Waals surface area contributed by atoms with E-state index in [-0.39, 0.29) is 5.54 Å². The molecule has 1 aliphatic rings. The third-order valence-corrected chi connectivity index (χ3v) is 3.18. The van der Waals surface area contributed by atoms with Crippen LogP contribution < -0.4 is 5.73 Å². The van der Waals surface area contributed by atoms with Gasteiger partial charge in [-0.15, -0.1) is 0 Å². The fourth-order valence-electron chi connectivity index (χ4n) is 1.53. The van der Waals surface area contributed by atoms with E-state index < -0.39 is 0 Å². The molecule has 1 aliphatic carbocycles. The van der Waals surface area contributed by atoms with E-state index in [1.54, 1.807) is 0 Å². The molecule has 0 unspecified atom stereocenters. The maximum atomic E-state index is 6.03. The Kier molecular flexibility index (Phi) is 2.50. The number of aromatic nitrogens is 1. The summed E-state index contributed by atoms with van der Waals surface area (Å²) in [6.45, 7) is 1.95. The zero-order valence-electron chi connectivity index (χ0n) is 8.39. The van der Waals surface area contributed by atoms with Gasteiger partial charge in [-0.3, -0.25) is 0 Å². The van der Waals surface area contributed by atoms with Gasteiger partial charge in [0.05, 0.1) is 0 Å². The van der Waals surface area contributed by atoms with Crippen molar-refractivity contribution in [1.29, 1.82) is 0 Å². The van der Waals surface area contributed by atoms with Gasteiger partial charge in [0.15, 0.2) is 0 Å². The van der Waals surface area contributed by atoms with E-state index in [0.29, 0.717) is 5.15 Å². The van der Waals surface area contributed by atoms with Gasteiger partial charge in [0.1, 0.15) is 5.15 Å². The Morgan fingerprint density at radius 1 is 1.50 bits per heavy atom. The van der Waals surface area contributed by atoms with Gasteiger partial charge in [0.2, 0.25) is 0 Å². The molecule has 1 aromatic heterocycles. The molecule has 1 heterocycles. The summed E-state index contributed by atoms with van der Waals surface area (Å²) in [5.74, 6) is 0. The highest BCUT2D eigenvalue weighted by atomic mass is 35.5. The molecule has 2 rings (SSSR count). The third-order valence-electron chi connectivity index (χ3n) is 2.85. The molecule has 3 heteroatoms. The fourth-order valence-corrected chi connectivity index (χ4v) is 1.83. The summed E-state index contributed by atoms with van der Waals surface area (Å²) >= 11 is 6.03. The third kappa shape index (κ3) is 2.25. The van der Waals surface area contributed by atoms with E-state index in [1.807, 2.05) is 13.0 Å². The molecular weight excluding hydrogens is 196 g/mol. The van der Waals surface area contributed by atoms with Gasteiger partial charge in [0, 0.05) is 11.2 Å². The van der Waals surface area contributed by atoms with Crippen molar-refractivity contribution in [2.45, 2.75) is 38.1 Å². The number of hydrogen-bond donors (Lipinski definition) is 1. The first-order chi connectivity index (χ1) is 6.59. The lowest BCUT2D eigenvalue weighted by molar-refractivity contribution is 0.608. The van der Waals surface area contributed by atoms with Crippen LogP contribution in [0.4, 0.5) is 0 Å². The molecular formula is C11H15ClN2. The van der Waals surface area contributed by atoms with Crippen molar-refractivity contribution >= 4 is 11.6 Å². The van der Waals surface area contributed by atoms with Gasteiger partial charge >= 0.3 is 0 Å². The summed E-state index contributed by atoms with van der Waals surface area (Å²) in [6.07, 6.45) is 4.29. The summed E-state index contributed by atoms with van der Waals surface area (Å²) in [5, 5.41) is 0.634. The van der Waals surface area contributed by atoms with Crippen molar-refractivity contribution in [1.82, 2.24) is 4.98 Å². The molecule has 1 saturated carbocycles. The van der Waals surface area contributed by atoms with E-state index in [4.69, 9.17) is 17.3 Å². The molecule has 0 aromatic carbocycles. The lowest BCUT2D eigenvalue weighted by atomic mass is 10.1. The Bertz CT molecular complexity index is 345. The molecule has 0 radical (unpaired) electrons. The SMILES string of the molecule is Cc1ccc(CCC2(N)CC2)c(Cl)n1. The minimum Gasteiger partial charge on any atom is -0.325 e.